The van der Waals surface area contributed by atoms with Crippen LogP contribution in [-0.4, -0.2) is 40.1 Å². The molecule has 0 atom stereocenters. The molecule has 0 saturated carbocycles. The predicted molar refractivity (Wildman–Crippen MR) is 85.3 cm³/mol. The van der Waals surface area contributed by atoms with Crippen LogP contribution in [0.15, 0.2) is 34.9 Å². The summed E-state index contributed by atoms with van der Waals surface area (Å²) in [6, 6.07) is 8.50. The molecule has 0 spiro atoms. The number of hydrogen-bond acceptors (Lipinski definition) is 4. The topological polar surface area (TPSA) is 83.6 Å². The van der Waals surface area contributed by atoms with Crippen LogP contribution in [-0.2, 0) is 4.79 Å². The number of nitrogens with zero attached hydrogens (tertiary/aromatic N) is 2. The Morgan fingerprint density at radius 1 is 1.35 bits per heavy atom. The third-order valence-corrected chi connectivity index (χ3v) is 3.40. The van der Waals surface area contributed by atoms with E-state index in [0.717, 1.165) is 0 Å². The maximum atomic E-state index is 12.5. The van der Waals surface area contributed by atoms with Gasteiger partial charge >= 0.3 is 5.97 Å². The number of halogens is 1. The Kier molecular flexibility index (Phi) is 5.39. The molecule has 0 bridgehead atoms. The summed E-state index contributed by atoms with van der Waals surface area (Å²) in [5, 5.41) is 13.2. The van der Waals surface area contributed by atoms with E-state index < -0.39 is 11.9 Å². The van der Waals surface area contributed by atoms with Gasteiger partial charge in [0.2, 0.25) is 0 Å². The second-order valence-electron chi connectivity index (χ2n) is 5.53. The molecule has 1 heterocycles. The molecule has 2 rings (SSSR count). The van der Waals surface area contributed by atoms with Crippen molar-refractivity contribution in [2.75, 3.05) is 13.1 Å². The molecule has 122 valence electrons. The first kappa shape index (κ1) is 17.0. The Morgan fingerprint density at radius 2 is 2.04 bits per heavy atom. The van der Waals surface area contributed by atoms with Crippen LogP contribution in [0.5, 0.6) is 0 Å². The minimum Gasteiger partial charge on any atom is -0.480 e. The van der Waals surface area contributed by atoms with E-state index in [1.165, 1.54) is 11.0 Å². The Bertz CT molecular complexity index is 712. The predicted octanol–water partition coefficient (Wildman–Crippen LogP) is 3.18. The fraction of sp³-hybridized carbons (Fsp3) is 0.312. The minimum absolute atomic E-state index is 0.0572. The maximum Gasteiger partial charge on any atom is 0.323 e. The number of hydrogen-bond donors (Lipinski definition) is 1. The third kappa shape index (κ3) is 4.32. The molecule has 7 heteroatoms. The summed E-state index contributed by atoms with van der Waals surface area (Å²) >= 11 is 6.09. The first-order valence-corrected chi connectivity index (χ1v) is 7.49. The number of rotatable bonds is 6. The van der Waals surface area contributed by atoms with Crippen molar-refractivity contribution >= 4 is 23.5 Å². The highest BCUT2D eigenvalue weighted by Crippen LogP contribution is 2.28. The third-order valence-electron chi connectivity index (χ3n) is 3.07. The van der Waals surface area contributed by atoms with Crippen molar-refractivity contribution in [3.8, 4) is 11.3 Å². The van der Waals surface area contributed by atoms with Gasteiger partial charge in [-0.25, -0.2) is 0 Å². The van der Waals surface area contributed by atoms with Gasteiger partial charge in [0.25, 0.3) is 5.91 Å². The van der Waals surface area contributed by atoms with Crippen molar-refractivity contribution in [2.45, 2.75) is 13.8 Å². The number of carboxylic acids is 1. The lowest BCUT2D eigenvalue weighted by atomic mass is 10.1. The van der Waals surface area contributed by atoms with Crippen LogP contribution in [0.25, 0.3) is 11.3 Å². The standard InChI is InChI=1S/C16H17ClN2O4/c1-10(2)8-19(9-15(20)21)16(22)13-7-14(23-18-13)11-5-3-4-6-12(11)17/h3-7,10H,8-9H2,1-2H3,(H,20,21). The van der Waals surface area contributed by atoms with Crippen LogP contribution in [0, 0.1) is 5.92 Å². The molecule has 0 unspecified atom stereocenters. The molecule has 1 N–H and O–H groups in total. The Hall–Kier alpha value is -2.34. The fourth-order valence-corrected chi connectivity index (χ4v) is 2.38. The van der Waals surface area contributed by atoms with E-state index in [4.69, 9.17) is 21.2 Å². The summed E-state index contributed by atoms with van der Waals surface area (Å²) in [7, 11) is 0. The first-order valence-electron chi connectivity index (χ1n) is 7.11. The molecule has 1 aromatic carbocycles. The zero-order valence-electron chi connectivity index (χ0n) is 12.8. The zero-order valence-corrected chi connectivity index (χ0v) is 13.6. The van der Waals surface area contributed by atoms with Crippen molar-refractivity contribution in [3.63, 3.8) is 0 Å². The van der Waals surface area contributed by atoms with E-state index in [1.807, 2.05) is 13.8 Å². The highest BCUT2D eigenvalue weighted by Gasteiger charge is 2.23. The lowest BCUT2D eigenvalue weighted by Crippen LogP contribution is -2.38. The highest BCUT2D eigenvalue weighted by molar-refractivity contribution is 6.33. The molecule has 1 aromatic heterocycles. The van der Waals surface area contributed by atoms with Crippen LogP contribution >= 0.6 is 11.6 Å². The number of carbonyl (C=O) groups excluding carboxylic acids is 1. The van der Waals surface area contributed by atoms with Crippen molar-refractivity contribution < 1.29 is 19.2 Å². The average Bonchev–Trinajstić information content (AvgIpc) is 2.95. The SMILES string of the molecule is CC(C)CN(CC(=O)O)C(=O)c1cc(-c2ccccc2Cl)on1. The Balaban J connectivity index is 2.25. The number of carboxylic acid groups (broad SMARTS) is 1. The van der Waals surface area contributed by atoms with Crippen LogP contribution in [0.3, 0.4) is 0 Å². The zero-order chi connectivity index (χ0) is 17.0. The van der Waals surface area contributed by atoms with Crippen LogP contribution in [0.4, 0.5) is 0 Å². The summed E-state index contributed by atoms with van der Waals surface area (Å²) in [5.74, 6) is -1.07. The van der Waals surface area contributed by atoms with Crippen molar-refractivity contribution in [1.82, 2.24) is 10.1 Å². The molecule has 0 radical (unpaired) electrons. The van der Waals surface area contributed by atoms with Gasteiger partial charge in [0.1, 0.15) is 6.54 Å². The number of aromatic nitrogens is 1. The number of aliphatic carboxylic acids is 1. The number of amides is 1. The van der Waals surface area contributed by atoms with Gasteiger partial charge in [-0.1, -0.05) is 42.7 Å². The maximum absolute atomic E-state index is 12.5. The minimum atomic E-state index is -1.08. The van der Waals surface area contributed by atoms with Gasteiger partial charge in [-0.15, -0.1) is 0 Å². The van der Waals surface area contributed by atoms with Gasteiger partial charge in [0.15, 0.2) is 11.5 Å². The van der Waals surface area contributed by atoms with Gasteiger partial charge in [-0.3, -0.25) is 9.59 Å². The molecular formula is C16H17ClN2O4. The second kappa shape index (κ2) is 7.28. The average molecular weight is 337 g/mol. The van der Waals surface area contributed by atoms with Gasteiger partial charge in [0, 0.05) is 18.2 Å². The van der Waals surface area contributed by atoms with E-state index in [1.54, 1.807) is 24.3 Å². The molecule has 23 heavy (non-hydrogen) atoms. The molecule has 1 amide bonds. The fourth-order valence-electron chi connectivity index (χ4n) is 2.15. The lowest BCUT2D eigenvalue weighted by Gasteiger charge is -2.21. The number of carbonyl (C=O) groups is 2. The van der Waals surface area contributed by atoms with Gasteiger partial charge in [-0.2, -0.15) is 0 Å². The Morgan fingerprint density at radius 3 is 2.65 bits per heavy atom. The van der Waals surface area contributed by atoms with E-state index in [2.05, 4.69) is 5.16 Å². The van der Waals surface area contributed by atoms with E-state index in [0.29, 0.717) is 22.9 Å². The smallest absolute Gasteiger partial charge is 0.323 e. The molecule has 0 aliphatic heterocycles. The molecule has 0 saturated heterocycles. The first-order chi connectivity index (χ1) is 10.9. The quantitative estimate of drug-likeness (QED) is 0.875. The number of benzene rings is 1. The van der Waals surface area contributed by atoms with Crippen molar-refractivity contribution in [1.29, 1.82) is 0 Å². The van der Waals surface area contributed by atoms with Gasteiger partial charge in [-0.05, 0) is 18.1 Å². The normalized spacial score (nSPS) is 10.8. The Labute approximate surface area is 138 Å². The van der Waals surface area contributed by atoms with Crippen LogP contribution in [0.1, 0.15) is 24.3 Å². The molecular weight excluding hydrogens is 320 g/mol. The largest absolute Gasteiger partial charge is 0.480 e. The summed E-state index contributed by atoms with van der Waals surface area (Å²) < 4.78 is 5.18. The second-order valence-corrected chi connectivity index (χ2v) is 5.94. The summed E-state index contributed by atoms with van der Waals surface area (Å²) in [6.45, 7) is 3.74. The highest BCUT2D eigenvalue weighted by atomic mass is 35.5. The van der Waals surface area contributed by atoms with Crippen LogP contribution in [0.2, 0.25) is 5.02 Å². The molecule has 2 aromatic rings. The van der Waals surface area contributed by atoms with Crippen molar-refractivity contribution in [3.05, 3.63) is 41.0 Å². The van der Waals surface area contributed by atoms with Gasteiger partial charge in [0.05, 0.1) is 5.02 Å². The molecule has 6 nitrogen and oxygen atoms in total. The van der Waals surface area contributed by atoms with E-state index >= 15 is 0 Å². The van der Waals surface area contributed by atoms with Crippen LogP contribution < -0.4 is 0 Å². The summed E-state index contributed by atoms with van der Waals surface area (Å²) in [6.07, 6.45) is 0. The lowest BCUT2D eigenvalue weighted by molar-refractivity contribution is -0.137. The molecule has 0 aliphatic carbocycles. The van der Waals surface area contributed by atoms with Gasteiger partial charge < -0.3 is 14.5 Å². The van der Waals surface area contributed by atoms with Crippen molar-refractivity contribution in [2.24, 2.45) is 5.92 Å². The monoisotopic (exact) mass is 336 g/mol. The summed E-state index contributed by atoms with van der Waals surface area (Å²) in [5.41, 5.74) is 0.677. The summed E-state index contributed by atoms with van der Waals surface area (Å²) in [4.78, 5) is 24.6. The van der Waals surface area contributed by atoms with E-state index in [-0.39, 0.29) is 18.2 Å². The molecule has 0 aliphatic rings. The van der Waals surface area contributed by atoms with E-state index in [9.17, 15) is 9.59 Å². The molecule has 0 fully saturated rings.